The van der Waals surface area contributed by atoms with E-state index < -0.39 is 0 Å². The molecular formula is C64H41NO. The Hall–Kier alpha value is -8.72. The fourth-order valence-electron chi connectivity index (χ4n) is 10.3. The summed E-state index contributed by atoms with van der Waals surface area (Å²) in [4.78, 5) is 2.40. The molecule has 308 valence electrons. The molecule has 12 aromatic carbocycles. The molecule has 13 rings (SSSR count). The van der Waals surface area contributed by atoms with E-state index in [-0.39, 0.29) is 0 Å². The molecule has 0 unspecified atom stereocenters. The van der Waals surface area contributed by atoms with Crippen LogP contribution >= 0.6 is 0 Å². The van der Waals surface area contributed by atoms with E-state index in [2.05, 4.69) is 241 Å². The van der Waals surface area contributed by atoms with Gasteiger partial charge in [0.25, 0.3) is 0 Å². The van der Waals surface area contributed by atoms with Crippen molar-refractivity contribution in [1.82, 2.24) is 0 Å². The molecule has 2 heteroatoms. The van der Waals surface area contributed by atoms with Crippen LogP contribution in [0.2, 0.25) is 0 Å². The second-order valence-corrected chi connectivity index (χ2v) is 17.2. The Labute approximate surface area is 382 Å². The third-order valence-electron chi connectivity index (χ3n) is 13.5. The monoisotopic (exact) mass is 839 g/mol. The number of hydrogen-bond donors (Lipinski definition) is 0. The number of benzene rings is 12. The van der Waals surface area contributed by atoms with E-state index in [9.17, 15) is 0 Å². The SMILES string of the molecule is c1ccc(N(c2ccc(-c3cccc4c3ccc3ccccc34)cc2)c2ccc(-c3cccc4oc5ccccc5c34)cc2)c(-c2ccc(-c3ccc4c(ccc5ccccc54)c3)cc2)c1. The Morgan fingerprint density at radius 3 is 1.50 bits per heavy atom. The van der Waals surface area contributed by atoms with Crippen molar-refractivity contribution in [2.45, 2.75) is 0 Å². The third-order valence-corrected chi connectivity index (χ3v) is 13.5. The van der Waals surface area contributed by atoms with E-state index in [1.165, 1.54) is 65.3 Å². The van der Waals surface area contributed by atoms with E-state index in [4.69, 9.17) is 4.42 Å². The predicted octanol–water partition coefficient (Wildman–Crippen LogP) is 18.3. The summed E-state index contributed by atoms with van der Waals surface area (Å²) in [6.45, 7) is 0. The van der Waals surface area contributed by atoms with Crippen molar-refractivity contribution in [3.8, 4) is 44.5 Å². The normalized spacial score (nSPS) is 11.6. The molecular weight excluding hydrogens is 799 g/mol. The number of hydrogen-bond acceptors (Lipinski definition) is 2. The predicted molar refractivity (Wildman–Crippen MR) is 280 cm³/mol. The van der Waals surface area contributed by atoms with Crippen molar-refractivity contribution in [2.75, 3.05) is 4.90 Å². The average molecular weight is 840 g/mol. The molecule has 0 amide bonds. The van der Waals surface area contributed by atoms with Crippen molar-refractivity contribution >= 4 is 82.1 Å². The molecule has 1 heterocycles. The number of furan rings is 1. The van der Waals surface area contributed by atoms with Gasteiger partial charge in [-0.1, -0.05) is 200 Å². The molecule has 0 N–H and O–H groups in total. The molecule has 0 aliphatic heterocycles. The molecule has 0 bridgehead atoms. The highest BCUT2D eigenvalue weighted by Gasteiger charge is 2.19. The zero-order valence-corrected chi connectivity index (χ0v) is 36.0. The van der Waals surface area contributed by atoms with E-state index in [1.807, 2.05) is 12.1 Å². The van der Waals surface area contributed by atoms with E-state index in [0.29, 0.717) is 0 Å². The summed E-state index contributed by atoms with van der Waals surface area (Å²) in [7, 11) is 0. The van der Waals surface area contributed by atoms with Crippen LogP contribution in [0.3, 0.4) is 0 Å². The Kier molecular flexibility index (Phi) is 8.89. The van der Waals surface area contributed by atoms with Crippen LogP contribution in [0.25, 0.3) is 110 Å². The smallest absolute Gasteiger partial charge is 0.136 e. The maximum atomic E-state index is 6.29. The van der Waals surface area contributed by atoms with Gasteiger partial charge in [-0.25, -0.2) is 0 Å². The van der Waals surface area contributed by atoms with Crippen molar-refractivity contribution in [2.24, 2.45) is 0 Å². The summed E-state index contributed by atoms with van der Waals surface area (Å²) >= 11 is 0. The number of nitrogens with zero attached hydrogens (tertiary/aromatic N) is 1. The average Bonchev–Trinajstić information content (AvgIpc) is 3.78. The molecule has 1 aromatic heterocycles. The van der Waals surface area contributed by atoms with Gasteiger partial charge in [-0.3, -0.25) is 0 Å². The van der Waals surface area contributed by atoms with Gasteiger partial charge in [-0.2, -0.15) is 0 Å². The zero-order valence-electron chi connectivity index (χ0n) is 36.0. The second kappa shape index (κ2) is 15.5. The van der Waals surface area contributed by atoms with Crippen LogP contribution in [0.15, 0.2) is 253 Å². The fraction of sp³-hybridized carbons (Fsp3) is 0. The van der Waals surface area contributed by atoms with Crippen molar-refractivity contribution in [1.29, 1.82) is 0 Å². The minimum absolute atomic E-state index is 0.896. The van der Waals surface area contributed by atoms with Crippen molar-refractivity contribution < 1.29 is 4.42 Å². The Morgan fingerprint density at radius 2 is 0.727 bits per heavy atom. The molecule has 0 aliphatic rings. The highest BCUT2D eigenvalue weighted by molar-refractivity contribution is 6.14. The highest BCUT2D eigenvalue weighted by atomic mass is 16.3. The standard InChI is InChI=1S/C64H41NO/c1-3-13-52-43(11-1)27-28-49-41-48(34-39-55(49)52)42-23-25-46(26-24-42)56-15-5-7-20-61(56)65(51-37-31-47(32-38-51)57-18-10-22-63-64(57)60-16-6-8-21-62(60)66-63)50-35-29-45(30-36-50)54-17-9-19-58-53-14-4-2-12-44(53)33-40-59(54)58/h1-41H. The molecule has 0 atom stereocenters. The zero-order chi connectivity index (χ0) is 43.6. The topological polar surface area (TPSA) is 16.4 Å². The third kappa shape index (κ3) is 6.34. The van der Waals surface area contributed by atoms with E-state index >= 15 is 0 Å². The summed E-state index contributed by atoms with van der Waals surface area (Å²) < 4.78 is 6.29. The Bertz CT molecular complexity index is 3970. The summed E-state index contributed by atoms with van der Waals surface area (Å²) in [6, 6.07) is 90.3. The summed E-state index contributed by atoms with van der Waals surface area (Å²) in [5.41, 5.74) is 14.4. The number of para-hydroxylation sites is 2. The lowest BCUT2D eigenvalue weighted by Crippen LogP contribution is -2.11. The van der Waals surface area contributed by atoms with E-state index in [1.54, 1.807) is 0 Å². The first-order valence-electron chi connectivity index (χ1n) is 22.7. The Morgan fingerprint density at radius 1 is 0.258 bits per heavy atom. The second-order valence-electron chi connectivity index (χ2n) is 17.2. The van der Waals surface area contributed by atoms with Crippen LogP contribution in [-0.2, 0) is 0 Å². The first kappa shape index (κ1) is 37.8. The largest absolute Gasteiger partial charge is 0.456 e. The summed E-state index contributed by atoms with van der Waals surface area (Å²) in [6.07, 6.45) is 0. The molecule has 0 spiro atoms. The summed E-state index contributed by atoms with van der Waals surface area (Å²) in [5.74, 6) is 0. The van der Waals surface area contributed by atoms with Gasteiger partial charge < -0.3 is 9.32 Å². The lowest BCUT2D eigenvalue weighted by atomic mass is 9.94. The maximum Gasteiger partial charge on any atom is 0.136 e. The molecule has 66 heavy (non-hydrogen) atoms. The lowest BCUT2D eigenvalue weighted by Gasteiger charge is -2.28. The molecule has 13 aromatic rings. The minimum Gasteiger partial charge on any atom is -0.456 e. The highest BCUT2D eigenvalue weighted by Crippen LogP contribution is 2.44. The van der Waals surface area contributed by atoms with Crippen molar-refractivity contribution in [3.63, 3.8) is 0 Å². The van der Waals surface area contributed by atoms with Gasteiger partial charge in [0.2, 0.25) is 0 Å². The van der Waals surface area contributed by atoms with Crippen LogP contribution < -0.4 is 4.90 Å². The van der Waals surface area contributed by atoms with Crippen LogP contribution in [0.1, 0.15) is 0 Å². The van der Waals surface area contributed by atoms with Gasteiger partial charge in [0.05, 0.1) is 5.69 Å². The minimum atomic E-state index is 0.896. The molecule has 0 fully saturated rings. The van der Waals surface area contributed by atoms with Gasteiger partial charge >= 0.3 is 0 Å². The van der Waals surface area contributed by atoms with Gasteiger partial charge in [-0.15, -0.1) is 0 Å². The van der Waals surface area contributed by atoms with Crippen LogP contribution in [0.5, 0.6) is 0 Å². The molecule has 0 radical (unpaired) electrons. The van der Waals surface area contributed by atoms with Crippen molar-refractivity contribution in [3.05, 3.63) is 249 Å². The van der Waals surface area contributed by atoms with Crippen LogP contribution in [-0.4, -0.2) is 0 Å². The van der Waals surface area contributed by atoms with Gasteiger partial charge in [0, 0.05) is 27.7 Å². The van der Waals surface area contributed by atoms with Gasteiger partial charge in [-0.05, 0) is 131 Å². The fourth-order valence-corrected chi connectivity index (χ4v) is 10.3. The quantitative estimate of drug-likeness (QED) is 0.149. The molecule has 2 nitrogen and oxygen atoms in total. The first-order chi connectivity index (χ1) is 32.7. The molecule has 0 saturated heterocycles. The van der Waals surface area contributed by atoms with Gasteiger partial charge in [0.1, 0.15) is 11.2 Å². The van der Waals surface area contributed by atoms with E-state index in [0.717, 1.165) is 61.3 Å². The van der Waals surface area contributed by atoms with Gasteiger partial charge in [0.15, 0.2) is 0 Å². The molecule has 0 saturated carbocycles. The number of anilines is 3. The maximum absolute atomic E-state index is 6.29. The van der Waals surface area contributed by atoms with Crippen LogP contribution in [0.4, 0.5) is 17.1 Å². The summed E-state index contributed by atoms with van der Waals surface area (Å²) in [5, 5.41) is 12.4. The van der Waals surface area contributed by atoms with Crippen LogP contribution in [0, 0.1) is 0 Å². The molecule has 0 aliphatic carbocycles. The lowest BCUT2D eigenvalue weighted by molar-refractivity contribution is 0.669. The number of rotatable bonds is 7. The first-order valence-corrected chi connectivity index (χ1v) is 22.7. The Balaban J connectivity index is 0.910. The number of fused-ring (bicyclic) bond motifs is 9.